The summed E-state index contributed by atoms with van der Waals surface area (Å²) < 4.78 is 0. The summed E-state index contributed by atoms with van der Waals surface area (Å²) >= 11 is 0. The molecule has 1 aliphatic rings. The van der Waals surface area contributed by atoms with Crippen molar-refractivity contribution in [2.45, 2.75) is 46.6 Å². The molecule has 0 bridgehead atoms. The third-order valence-corrected chi connectivity index (χ3v) is 4.00. The van der Waals surface area contributed by atoms with Gasteiger partial charge in [-0.2, -0.15) is 0 Å². The number of rotatable bonds is 5. The van der Waals surface area contributed by atoms with E-state index in [-0.39, 0.29) is 0 Å². The number of nitrogens with one attached hydrogen (secondary N) is 2. The lowest BCUT2D eigenvalue weighted by Crippen LogP contribution is -2.28. The molecule has 0 aliphatic carbocycles. The number of aryl methyl sites for hydroxylation is 1. The van der Waals surface area contributed by atoms with Gasteiger partial charge in [-0.25, -0.2) is 0 Å². The van der Waals surface area contributed by atoms with Crippen molar-refractivity contribution in [3.05, 3.63) is 29.3 Å². The highest BCUT2D eigenvalue weighted by Crippen LogP contribution is 2.23. The average molecular weight is 246 g/mol. The fraction of sp³-hybridized carbons (Fsp3) is 0.625. The third kappa shape index (κ3) is 3.49. The van der Waals surface area contributed by atoms with E-state index in [0.29, 0.717) is 5.41 Å². The van der Waals surface area contributed by atoms with Crippen LogP contribution in [0.2, 0.25) is 0 Å². The molecule has 2 N–H and O–H groups in total. The summed E-state index contributed by atoms with van der Waals surface area (Å²) in [6.07, 6.45) is 3.69. The molecule has 2 nitrogen and oxygen atoms in total. The topological polar surface area (TPSA) is 24.1 Å². The molecule has 100 valence electrons. The van der Waals surface area contributed by atoms with Gasteiger partial charge in [-0.1, -0.05) is 32.9 Å². The lowest BCUT2D eigenvalue weighted by Gasteiger charge is -2.23. The molecule has 0 saturated heterocycles. The van der Waals surface area contributed by atoms with Crippen molar-refractivity contribution in [2.24, 2.45) is 5.41 Å². The van der Waals surface area contributed by atoms with Crippen LogP contribution in [-0.2, 0) is 13.0 Å². The van der Waals surface area contributed by atoms with Crippen LogP contribution in [0.3, 0.4) is 0 Å². The van der Waals surface area contributed by atoms with Gasteiger partial charge in [0.25, 0.3) is 0 Å². The SMILES string of the molecule is CCC(C)(C)CNCc1ccc2c(c1)CCCN2. The van der Waals surface area contributed by atoms with Gasteiger partial charge in [0.15, 0.2) is 0 Å². The van der Waals surface area contributed by atoms with Gasteiger partial charge in [0, 0.05) is 25.3 Å². The Morgan fingerprint density at radius 3 is 2.94 bits per heavy atom. The summed E-state index contributed by atoms with van der Waals surface area (Å²) in [5.41, 5.74) is 4.62. The van der Waals surface area contributed by atoms with Gasteiger partial charge < -0.3 is 10.6 Å². The number of anilines is 1. The molecular weight excluding hydrogens is 220 g/mol. The molecule has 2 rings (SSSR count). The summed E-state index contributed by atoms with van der Waals surface area (Å²) in [6, 6.07) is 6.83. The standard InChI is InChI=1S/C16H26N2/c1-4-16(2,3)12-17-11-13-7-8-15-14(10-13)6-5-9-18-15/h7-8,10,17-18H,4-6,9,11-12H2,1-3H3. The van der Waals surface area contributed by atoms with Crippen molar-refractivity contribution in [1.82, 2.24) is 5.32 Å². The Morgan fingerprint density at radius 2 is 2.17 bits per heavy atom. The van der Waals surface area contributed by atoms with E-state index in [9.17, 15) is 0 Å². The minimum atomic E-state index is 0.399. The van der Waals surface area contributed by atoms with Gasteiger partial charge in [-0.3, -0.25) is 0 Å². The molecule has 1 aliphatic heterocycles. The van der Waals surface area contributed by atoms with E-state index in [2.05, 4.69) is 49.6 Å². The Morgan fingerprint density at radius 1 is 1.33 bits per heavy atom. The molecule has 0 aromatic heterocycles. The fourth-order valence-corrected chi connectivity index (χ4v) is 2.31. The van der Waals surface area contributed by atoms with E-state index in [4.69, 9.17) is 0 Å². The van der Waals surface area contributed by atoms with Crippen LogP contribution >= 0.6 is 0 Å². The van der Waals surface area contributed by atoms with Crippen LogP contribution in [0.5, 0.6) is 0 Å². The quantitative estimate of drug-likeness (QED) is 0.830. The Balaban J connectivity index is 1.90. The first-order valence-corrected chi connectivity index (χ1v) is 7.17. The fourth-order valence-electron chi connectivity index (χ4n) is 2.31. The van der Waals surface area contributed by atoms with Crippen LogP contribution in [-0.4, -0.2) is 13.1 Å². The summed E-state index contributed by atoms with van der Waals surface area (Å²) in [5, 5.41) is 7.04. The molecular formula is C16H26N2. The third-order valence-electron chi connectivity index (χ3n) is 4.00. The Kier molecular flexibility index (Phi) is 4.28. The van der Waals surface area contributed by atoms with Crippen molar-refractivity contribution in [3.63, 3.8) is 0 Å². The first kappa shape index (κ1) is 13.4. The van der Waals surface area contributed by atoms with E-state index in [1.807, 2.05) is 0 Å². The molecule has 0 saturated carbocycles. The van der Waals surface area contributed by atoms with E-state index >= 15 is 0 Å². The largest absolute Gasteiger partial charge is 0.385 e. The van der Waals surface area contributed by atoms with E-state index in [1.165, 1.54) is 36.1 Å². The van der Waals surface area contributed by atoms with E-state index in [0.717, 1.165) is 19.6 Å². The maximum absolute atomic E-state index is 3.58. The van der Waals surface area contributed by atoms with Crippen LogP contribution in [0.1, 0.15) is 44.7 Å². The second-order valence-electron chi connectivity index (χ2n) is 6.14. The Labute approximate surface area is 111 Å². The normalized spacial score (nSPS) is 15.1. The van der Waals surface area contributed by atoms with Gasteiger partial charge in [0.05, 0.1) is 0 Å². The Hall–Kier alpha value is -1.02. The zero-order valence-corrected chi connectivity index (χ0v) is 12.0. The summed E-state index contributed by atoms with van der Waals surface area (Å²) in [5.74, 6) is 0. The summed E-state index contributed by atoms with van der Waals surface area (Å²) in [4.78, 5) is 0. The zero-order valence-electron chi connectivity index (χ0n) is 12.0. The predicted molar refractivity (Wildman–Crippen MR) is 79.0 cm³/mol. The Bertz CT molecular complexity index is 396. The number of hydrogen-bond acceptors (Lipinski definition) is 2. The predicted octanol–water partition coefficient (Wildman–Crippen LogP) is 3.57. The highest BCUT2D eigenvalue weighted by molar-refractivity contribution is 5.54. The van der Waals surface area contributed by atoms with Gasteiger partial charge >= 0.3 is 0 Å². The van der Waals surface area contributed by atoms with Crippen molar-refractivity contribution in [1.29, 1.82) is 0 Å². The molecule has 1 aromatic rings. The number of hydrogen-bond donors (Lipinski definition) is 2. The van der Waals surface area contributed by atoms with Crippen LogP contribution < -0.4 is 10.6 Å². The molecule has 0 radical (unpaired) electrons. The van der Waals surface area contributed by atoms with Crippen LogP contribution in [0.4, 0.5) is 5.69 Å². The van der Waals surface area contributed by atoms with Gasteiger partial charge in [-0.05, 0) is 41.9 Å². The van der Waals surface area contributed by atoms with Crippen molar-refractivity contribution < 1.29 is 0 Å². The number of benzene rings is 1. The maximum atomic E-state index is 3.58. The average Bonchev–Trinajstić information content (AvgIpc) is 2.38. The maximum Gasteiger partial charge on any atom is 0.0372 e. The van der Waals surface area contributed by atoms with Crippen LogP contribution in [0.15, 0.2) is 18.2 Å². The second kappa shape index (κ2) is 5.75. The monoisotopic (exact) mass is 246 g/mol. The van der Waals surface area contributed by atoms with Gasteiger partial charge in [0.1, 0.15) is 0 Å². The van der Waals surface area contributed by atoms with E-state index < -0.39 is 0 Å². The summed E-state index contributed by atoms with van der Waals surface area (Å²) in [6.45, 7) is 10.1. The second-order valence-corrected chi connectivity index (χ2v) is 6.14. The molecule has 0 atom stereocenters. The number of fused-ring (bicyclic) bond motifs is 1. The van der Waals surface area contributed by atoms with Gasteiger partial charge in [0.2, 0.25) is 0 Å². The highest BCUT2D eigenvalue weighted by atomic mass is 14.9. The molecule has 0 unspecified atom stereocenters. The smallest absolute Gasteiger partial charge is 0.0372 e. The molecule has 0 amide bonds. The van der Waals surface area contributed by atoms with Crippen molar-refractivity contribution >= 4 is 5.69 Å². The van der Waals surface area contributed by atoms with Crippen molar-refractivity contribution in [2.75, 3.05) is 18.4 Å². The van der Waals surface area contributed by atoms with Crippen LogP contribution in [0, 0.1) is 5.41 Å². The molecule has 18 heavy (non-hydrogen) atoms. The molecule has 1 heterocycles. The molecule has 2 heteroatoms. The minimum absolute atomic E-state index is 0.399. The van der Waals surface area contributed by atoms with Crippen molar-refractivity contribution in [3.8, 4) is 0 Å². The highest BCUT2D eigenvalue weighted by Gasteiger charge is 2.14. The molecule has 0 fully saturated rings. The molecule has 0 spiro atoms. The first-order chi connectivity index (χ1) is 8.61. The summed E-state index contributed by atoms with van der Waals surface area (Å²) in [7, 11) is 0. The lowest BCUT2D eigenvalue weighted by atomic mass is 9.90. The van der Waals surface area contributed by atoms with Gasteiger partial charge in [-0.15, -0.1) is 0 Å². The molecule has 1 aromatic carbocycles. The lowest BCUT2D eigenvalue weighted by molar-refractivity contribution is 0.327. The van der Waals surface area contributed by atoms with E-state index in [1.54, 1.807) is 0 Å². The zero-order chi connectivity index (χ0) is 13.0. The van der Waals surface area contributed by atoms with Crippen LogP contribution in [0.25, 0.3) is 0 Å². The minimum Gasteiger partial charge on any atom is -0.385 e. The first-order valence-electron chi connectivity index (χ1n) is 7.17.